The summed E-state index contributed by atoms with van der Waals surface area (Å²) in [5.74, 6) is 0. The molecule has 0 aromatic carbocycles. The first-order chi connectivity index (χ1) is 6.55. The fourth-order valence-corrected chi connectivity index (χ4v) is 1.61. The number of aliphatic hydroxyl groups excluding tert-OH is 2. The molecule has 5 unspecified atom stereocenters. The molecule has 1 rings (SSSR count). The average Bonchev–Trinajstić information content (AvgIpc) is 2.14. The third kappa shape index (κ3) is 2.27. The van der Waals surface area contributed by atoms with Gasteiger partial charge in [-0.05, 0) is 6.42 Å². The Morgan fingerprint density at radius 1 is 1.57 bits per heavy atom. The van der Waals surface area contributed by atoms with E-state index in [-0.39, 0.29) is 6.61 Å². The molecule has 1 aliphatic rings. The Hall–Kier alpha value is 0.295. The second-order valence-electron chi connectivity index (χ2n) is 3.19. The van der Waals surface area contributed by atoms with Gasteiger partial charge in [-0.25, -0.2) is 0 Å². The molecule has 14 heavy (non-hydrogen) atoms. The molecule has 0 aliphatic carbocycles. The lowest BCUT2D eigenvalue weighted by Crippen LogP contribution is -2.59. The van der Waals surface area contributed by atoms with Gasteiger partial charge in [-0.15, -0.1) is 0 Å². The SMILES string of the molecule is [B]C1OC(CC)(COP)C(O)OC1O. The van der Waals surface area contributed by atoms with Crippen molar-refractivity contribution in [3.8, 4) is 0 Å². The van der Waals surface area contributed by atoms with E-state index in [4.69, 9.17) is 27.0 Å². The van der Waals surface area contributed by atoms with E-state index >= 15 is 0 Å². The molecule has 1 heterocycles. The van der Waals surface area contributed by atoms with Gasteiger partial charge < -0.3 is 24.2 Å². The highest BCUT2D eigenvalue weighted by Crippen LogP contribution is 2.30. The molecular formula is C7H14BO5P. The molecule has 1 aliphatic heterocycles. The van der Waals surface area contributed by atoms with Gasteiger partial charge in [0.05, 0.1) is 12.6 Å². The van der Waals surface area contributed by atoms with Crippen LogP contribution in [0.15, 0.2) is 0 Å². The molecule has 7 heteroatoms. The van der Waals surface area contributed by atoms with Crippen LogP contribution in [-0.2, 0) is 14.0 Å². The van der Waals surface area contributed by atoms with E-state index < -0.39 is 24.2 Å². The molecule has 0 spiro atoms. The number of hydrogen-bond acceptors (Lipinski definition) is 5. The van der Waals surface area contributed by atoms with Crippen LogP contribution in [0, 0.1) is 0 Å². The van der Waals surface area contributed by atoms with Gasteiger partial charge in [0.2, 0.25) is 0 Å². The van der Waals surface area contributed by atoms with Gasteiger partial charge >= 0.3 is 0 Å². The van der Waals surface area contributed by atoms with Crippen molar-refractivity contribution in [2.75, 3.05) is 6.61 Å². The summed E-state index contributed by atoms with van der Waals surface area (Å²) in [4.78, 5) is 0. The van der Waals surface area contributed by atoms with Crippen LogP contribution in [0.5, 0.6) is 0 Å². The number of hydrogen-bond donors (Lipinski definition) is 2. The molecule has 1 saturated heterocycles. The summed E-state index contributed by atoms with van der Waals surface area (Å²) in [5.41, 5.74) is -1.01. The fourth-order valence-electron chi connectivity index (χ4n) is 1.33. The van der Waals surface area contributed by atoms with Gasteiger partial charge in [-0.3, -0.25) is 0 Å². The zero-order chi connectivity index (χ0) is 10.8. The van der Waals surface area contributed by atoms with Gasteiger partial charge in [0.25, 0.3) is 0 Å². The van der Waals surface area contributed by atoms with Crippen LogP contribution < -0.4 is 0 Å². The minimum atomic E-state index is -1.31. The standard InChI is InChI=1S/C7H14BO5P/c1-2-7(3-11-14)6(10)12-5(9)4(8)13-7/h4-6,9-10H,2-3,14H2,1H3. The molecule has 2 N–H and O–H groups in total. The van der Waals surface area contributed by atoms with E-state index in [1.807, 2.05) is 0 Å². The predicted octanol–water partition coefficient (Wildman–Crippen LogP) is -0.880. The Bertz CT molecular complexity index is 195. The Morgan fingerprint density at radius 3 is 2.71 bits per heavy atom. The van der Waals surface area contributed by atoms with E-state index in [1.54, 1.807) is 6.92 Å². The van der Waals surface area contributed by atoms with Crippen molar-refractivity contribution in [1.82, 2.24) is 0 Å². The number of ether oxygens (including phenoxy) is 2. The Balaban J connectivity index is 2.74. The van der Waals surface area contributed by atoms with Crippen molar-refractivity contribution in [1.29, 1.82) is 0 Å². The number of rotatable bonds is 3. The minimum Gasteiger partial charge on any atom is -0.369 e. The predicted molar refractivity (Wildman–Crippen MR) is 52.4 cm³/mol. The highest BCUT2D eigenvalue weighted by Gasteiger charge is 2.46. The minimum absolute atomic E-state index is 0.121. The van der Waals surface area contributed by atoms with E-state index in [0.29, 0.717) is 6.42 Å². The first-order valence-corrected chi connectivity index (χ1v) is 4.79. The summed E-state index contributed by atoms with van der Waals surface area (Å²) in [6.45, 7) is 1.93. The molecule has 2 radical (unpaired) electrons. The highest BCUT2D eigenvalue weighted by atomic mass is 31.0. The molecule has 0 saturated carbocycles. The lowest BCUT2D eigenvalue weighted by Gasteiger charge is -2.44. The van der Waals surface area contributed by atoms with Crippen molar-refractivity contribution < 1.29 is 24.2 Å². The number of aliphatic hydroxyl groups is 2. The first kappa shape index (κ1) is 12.4. The summed E-state index contributed by atoms with van der Waals surface area (Å²) >= 11 is 0. The molecule has 1 fully saturated rings. The summed E-state index contributed by atoms with van der Waals surface area (Å²) in [5, 5.41) is 18.8. The molecule has 5 atom stereocenters. The van der Waals surface area contributed by atoms with Gasteiger partial charge in [0, 0.05) is 9.47 Å². The lowest BCUT2D eigenvalue weighted by atomic mass is 9.92. The van der Waals surface area contributed by atoms with Gasteiger partial charge in [-0.2, -0.15) is 0 Å². The van der Waals surface area contributed by atoms with Crippen LogP contribution in [0.1, 0.15) is 13.3 Å². The molecule has 5 nitrogen and oxygen atoms in total. The van der Waals surface area contributed by atoms with Crippen molar-refractivity contribution in [3.05, 3.63) is 0 Å². The molecule has 0 aromatic heterocycles. The Kier molecular flexibility index (Phi) is 4.31. The van der Waals surface area contributed by atoms with Gasteiger partial charge in [-0.1, -0.05) is 6.92 Å². The summed E-state index contributed by atoms with van der Waals surface area (Å²) in [6.07, 6.45) is -2.10. The maximum absolute atomic E-state index is 9.59. The fraction of sp³-hybridized carbons (Fsp3) is 1.00. The molecule has 0 bridgehead atoms. The van der Waals surface area contributed by atoms with Crippen LogP contribution in [0.3, 0.4) is 0 Å². The van der Waals surface area contributed by atoms with Gasteiger partial charge in [0.15, 0.2) is 12.6 Å². The largest absolute Gasteiger partial charge is 0.369 e. The zero-order valence-corrected chi connectivity index (χ0v) is 9.07. The van der Waals surface area contributed by atoms with Gasteiger partial charge in [0.1, 0.15) is 13.4 Å². The van der Waals surface area contributed by atoms with Crippen molar-refractivity contribution in [2.45, 2.75) is 37.5 Å². The summed E-state index contributed by atoms with van der Waals surface area (Å²) < 4.78 is 15.0. The van der Waals surface area contributed by atoms with E-state index in [0.717, 1.165) is 0 Å². The van der Waals surface area contributed by atoms with E-state index in [2.05, 4.69) is 9.47 Å². The zero-order valence-electron chi connectivity index (χ0n) is 7.92. The smallest absolute Gasteiger partial charge is 0.189 e. The Morgan fingerprint density at radius 2 is 2.21 bits per heavy atom. The van der Waals surface area contributed by atoms with Crippen LogP contribution in [0.4, 0.5) is 0 Å². The monoisotopic (exact) mass is 220 g/mol. The molecule has 0 aromatic rings. The van der Waals surface area contributed by atoms with E-state index in [9.17, 15) is 5.11 Å². The van der Waals surface area contributed by atoms with E-state index in [1.165, 1.54) is 0 Å². The molecule has 0 amide bonds. The lowest BCUT2D eigenvalue weighted by molar-refractivity contribution is -0.358. The van der Waals surface area contributed by atoms with Crippen molar-refractivity contribution >= 4 is 17.3 Å². The topological polar surface area (TPSA) is 68.2 Å². The Labute approximate surface area is 86.4 Å². The quantitative estimate of drug-likeness (QED) is 0.477. The van der Waals surface area contributed by atoms with Crippen LogP contribution >= 0.6 is 9.47 Å². The van der Waals surface area contributed by atoms with Crippen molar-refractivity contribution in [3.63, 3.8) is 0 Å². The van der Waals surface area contributed by atoms with Crippen LogP contribution in [0.2, 0.25) is 0 Å². The summed E-state index contributed by atoms with van der Waals surface area (Å²) in [6, 6.07) is -0.974. The second kappa shape index (κ2) is 4.88. The highest BCUT2D eigenvalue weighted by molar-refractivity contribution is 7.09. The van der Waals surface area contributed by atoms with Crippen LogP contribution in [0.25, 0.3) is 0 Å². The second-order valence-corrected chi connectivity index (χ2v) is 3.52. The first-order valence-electron chi connectivity index (χ1n) is 4.32. The van der Waals surface area contributed by atoms with Crippen LogP contribution in [-0.4, -0.2) is 48.9 Å². The maximum atomic E-state index is 9.59. The molecular weight excluding hydrogens is 206 g/mol. The average molecular weight is 220 g/mol. The van der Waals surface area contributed by atoms with Crippen molar-refractivity contribution in [2.24, 2.45) is 0 Å². The maximum Gasteiger partial charge on any atom is 0.189 e. The molecule has 80 valence electrons. The third-order valence-corrected chi connectivity index (χ3v) is 2.46. The summed E-state index contributed by atoms with van der Waals surface area (Å²) in [7, 11) is 7.51. The normalized spacial score (nSPS) is 43.9. The third-order valence-electron chi connectivity index (χ3n) is 2.30.